The zero-order valence-corrected chi connectivity index (χ0v) is 27.7. The summed E-state index contributed by atoms with van der Waals surface area (Å²) < 4.78 is 32.1. The number of allylic oxidation sites excluding steroid dienone is 4. The smallest absolute Gasteiger partial charge is 0.439 e. The Labute approximate surface area is 268 Å². The Morgan fingerprint density at radius 1 is 1.20 bits per heavy atom. The number of fused-ring (bicyclic) bond motifs is 2. The Kier molecular flexibility index (Phi) is 14.7. The number of ketones is 1. The number of nitrogens with two attached hydrogens (primary N) is 1. The molecule has 0 aromatic heterocycles. The number of hydrogen-bond donors (Lipinski definition) is 7. The van der Waals surface area contributed by atoms with Crippen LogP contribution in [-0.4, -0.2) is 90.2 Å². The largest absolute Gasteiger partial charge is 0.469 e. The van der Waals surface area contributed by atoms with Crippen molar-refractivity contribution >= 4 is 31.3 Å². The number of hydrogen-bond acceptors (Lipinski definition) is 11. The molecule has 0 radical (unpaired) electrons. The maximum atomic E-state index is 13.7. The molecule has 16 heteroatoms. The Hall–Kier alpha value is -3.43. The van der Waals surface area contributed by atoms with Crippen molar-refractivity contribution in [3.63, 3.8) is 0 Å². The summed E-state index contributed by atoms with van der Waals surface area (Å²) in [5, 5.41) is 25.3. The Morgan fingerprint density at radius 3 is 2.46 bits per heavy atom. The Morgan fingerprint density at radius 2 is 1.87 bits per heavy atom. The van der Waals surface area contributed by atoms with Gasteiger partial charge in [-0.1, -0.05) is 38.2 Å². The van der Waals surface area contributed by atoms with E-state index in [1.54, 1.807) is 26.0 Å². The average Bonchev–Trinajstić information content (AvgIpc) is 2.97. The van der Waals surface area contributed by atoms with Gasteiger partial charge in [0.15, 0.2) is 6.10 Å². The molecule has 2 aliphatic rings. The van der Waals surface area contributed by atoms with Gasteiger partial charge in [0.05, 0.1) is 35.9 Å². The number of methoxy groups -OCH3 is 2. The summed E-state index contributed by atoms with van der Waals surface area (Å²) in [6.45, 7) is 6.30. The molecule has 6 atom stereocenters. The number of nitrogens with one attached hydrogen (secondary N) is 3. The van der Waals surface area contributed by atoms with Crippen molar-refractivity contribution in [1.82, 2.24) is 10.6 Å². The maximum Gasteiger partial charge on any atom is 0.469 e. The summed E-state index contributed by atoms with van der Waals surface area (Å²) in [7, 11) is -1.86. The van der Waals surface area contributed by atoms with Crippen LogP contribution in [-0.2, 0) is 32.9 Å². The van der Waals surface area contributed by atoms with Gasteiger partial charge in [0, 0.05) is 37.8 Å². The molecule has 2 amide bonds. The van der Waals surface area contributed by atoms with E-state index in [-0.39, 0.29) is 53.6 Å². The molecular formula is C30H45N4O11P. The molecule has 1 aliphatic heterocycles. The fourth-order valence-corrected chi connectivity index (χ4v) is 5.48. The van der Waals surface area contributed by atoms with E-state index in [0.29, 0.717) is 5.57 Å². The lowest BCUT2D eigenvalue weighted by molar-refractivity contribution is -0.119. The molecule has 256 valence electrons. The average molecular weight is 669 g/mol. The molecule has 0 unspecified atom stereocenters. The minimum absolute atomic E-state index is 0.105. The van der Waals surface area contributed by atoms with Crippen LogP contribution in [0.3, 0.4) is 0 Å². The van der Waals surface area contributed by atoms with Crippen LogP contribution in [0, 0.1) is 17.2 Å². The van der Waals surface area contributed by atoms with Gasteiger partial charge in [0.25, 0.3) is 5.91 Å². The summed E-state index contributed by atoms with van der Waals surface area (Å²) in [4.78, 5) is 56.5. The number of Topliss-reactive ketones (excluding diaryl/α,β-unsaturated/α-hetero) is 1. The minimum atomic E-state index is -4.72. The SMILES string of the molecule is CO[C@H]1/C=C\C=C(/C)C(=O)NC2=CC(=N)C(NCCOP(=O)(O)O)=C(C[C@@H](C)C[C@H](OC)[C@H](O)[C@@H](C)/C=C(\C)[C@@H]1OC(N)=O)C2=O. The lowest BCUT2D eigenvalue weighted by Crippen LogP contribution is -2.38. The molecule has 15 nitrogen and oxygen atoms in total. The van der Waals surface area contributed by atoms with Gasteiger partial charge >= 0.3 is 13.9 Å². The van der Waals surface area contributed by atoms with Crippen LogP contribution in [0.25, 0.3) is 0 Å². The van der Waals surface area contributed by atoms with Gasteiger partial charge in [-0.15, -0.1) is 0 Å². The number of ether oxygens (including phenoxy) is 3. The molecule has 0 saturated heterocycles. The summed E-state index contributed by atoms with van der Waals surface area (Å²) >= 11 is 0. The second-order valence-electron chi connectivity index (χ2n) is 11.2. The van der Waals surface area contributed by atoms with Gasteiger partial charge in [-0.2, -0.15) is 0 Å². The van der Waals surface area contributed by atoms with E-state index in [4.69, 9.17) is 35.1 Å². The molecular weight excluding hydrogens is 623 g/mol. The highest BCUT2D eigenvalue weighted by atomic mass is 31.2. The van der Waals surface area contributed by atoms with Gasteiger partial charge in [-0.3, -0.25) is 19.5 Å². The number of primary amides is 1. The normalized spacial score (nSPS) is 30.4. The fourth-order valence-electron chi connectivity index (χ4n) is 5.15. The van der Waals surface area contributed by atoms with Crippen LogP contribution in [0.15, 0.2) is 58.5 Å². The van der Waals surface area contributed by atoms with E-state index in [2.05, 4.69) is 15.2 Å². The molecule has 1 aliphatic carbocycles. The van der Waals surface area contributed by atoms with Gasteiger partial charge in [0.2, 0.25) is 5.78 Å². The zero-order valence-electron chi connectivity index (χ0n) is 26.8. The number of aliphatic hydroxyl groups excluding tert-OH is 1. The number of carbonyl (C=O) groups is 3. The lowest BCUT2D eigenvalue weighted by atomic mass is 9.85. The number of aliphatic hydroxyl groups is 1. The van der Waals surface area contributed by atoms with Gasteiger partial charge in [-0.25, -0.2) is 9.36 Å². The topological polar surface area (TPSA) is 240 Å². The van der Waals surface area contributed by atoms with Crippen molar-refractivity contribution in [2.45, 2.75) is 65.0 Å². The molecule has 0 spiro atoms. The quantitative estimate of drug-likeness (QED) is 0.0850. The summed E-state index contributed by atoms with van der Waals surface area (Å²) in [5.74, 6) is -1.95. The molecule has 1 heterocycles. The van der Waals surface area contributed by atoms with Crippen molar-refractivity contribution in [3.8, 4) is 0 Å². The van der Waals surface area contributed by atoms with E-state index in [1.807, 2.05) is 6.92 Å². The molecule has 8 N–H and O–H groups in total. The van der Waals surface area contributed by atoms with Crippen LogP contribution in [0.1, 0.15) is 40.5 Å². The molecule has 2 bridgehead atoms. The Bertz CT molecular complexity index is 1360. The van der Waals surface area contributed by atoms with Crippen LogP contribution >= 0.6 is 7.82 Å². The number of amides is 2. The number of phosphoric acid groups is 1. The van der Waals surface area contributed by atoms with E-state index in [0.717, 1.165) is 0 Å². The highest BCUT2D eigenvalue weighted by Gasteiger charge is 2.32. The minimum Gasteiger partial charge on any atom is -0.439 e. The van der Waals surface area contributed by atoms with E-state index in [9.17, 15) is 24.1 Å². The summed E-state index contributed by atoms with van der Waals surface area (Å²) in [6, 6.07) is 0. The van der Waals surface area contributed by atoms with Crippen molar-refractivity contribution in [1.29, 1.82) is 5.41 Å². The van der Waals surface area contributed by atoms with Gasteiger partial charge in [0.1, 0.15) is 6.10 Å². The Balaban J connectivity index is 2.58. The first-order valence-corrected chi connectivity index (χ1v) is 16.1. The van der Waals surface area contributed by atoms with Crippen LogP contribution in [0.5, 0.6) is 0 Å². The first-order chi connectivity index (χ1) is 21.5. The molecule has 0 aromatic carbocycles. The second kappa shape index (κ2) is 17.5. The number of carbonyl (C=O) groups excluding carboxylic acids is 3. The molecule has 0 fully saturated rings. The first kappa shape index (κ1) is 38.8. The maximum absolute atomic E-state index is 13.7. The molecule has 46 heavy (non-hydrogen) atoms. The van der Waals surface area contributed by atoms with Gasteiger partial charge < -0.3 is 45.5 Å². The lowest BCUT2D eigenvalue weighted by Gasteiger charge is -2.30. The summed E-state index contributed by atoms with van der Waals surface area (Å²) in [5.41, 5.74) is 6.11. The number of rotatable bonds is 8. The molecule has 2 rings (SSSR count). The summed E-state index contributed by atoms with van der Waals surface area (Å²) in [6.07, 6.45) is 3.36. The predicted octanol–water partition coefficient (Wildman–Crippen LogP) is 1.91. The zero-order chi connectivity index (χ0) is 34.8. The number of phosphoric ester groups is 1. The van der Waals surface area contributed by atoms with Crippen molar-refractivity contribution in [3.05, 3.63) is 58.5 Å². The van der Waals surface area contributed by atoms with Gasteiger partial charge in [-0.05, 0) is 44.3 Å². The van der Waals surface area contributed by atoms with Crippen LogP contribution in [0.2, 0.25) is 0 Å². The third kappa shape index (κ3) is 11.4. The third-order valence-corrected chi connectivity index (χ3v) is 8.01. The highest BCUT2D eigenvalue weighted by Crippen LogP contribution is 2.35. The third-order valence-electron chi connectivity index (χ3n) is 7.49. The molecule has 0 aromatic rings. The van der Waals surface area contributed by atoms with Crippen molar-refractivity contribution in [2.24, 2.45) is 17.6 Å². The van der Waals surface area contributed by atoms with E-state index in [1.165, 1.54) is 39.4 Å². The predicted molar refractivity (Wildman–Crippen MR) is 168 cm³/mol. The van der Waals surface area contributed by atoms with E-state index >= 15 is 0 Å². The van der Waals surface area contributed by atoms with Crippen LogP contribution < -0.4 is 16.4 Å². The first-order valence-electron chi connectivity index (χ1n) is 14.6. The highest BCUT2D eigenvalue weighted by molar-refractivity contribution is 7.46. The van der Waals surface area contributed by atoms with Crippen LogP contribution in [0.4, 0.5) is 4.79 Å². The standard InChI is InChI=1S/C30H45N4O11P/c1-16-12-20-25(33-10-11-44-46(39,40)41)21(31)15-22(27(20)36)34-29(37)17(2)8-7-9-23(42-5)28(45-30(32)38)19(4)14-18(3)26(35)24(13-16)43-6/h7-9,14-16,18,23-24,26,28,31,33,35H,10-13H2,1-6H3,(H2,32,38)(H,34,37)(H2,39,40,41)/b9-7-,17-8+,19-14+,31-21?/t16-,18+,23+,24+,26-,28+/m1/s1. The van der Waals surface area contributed by atoms with Crippen molar-refractivity contribution < 1.29 is 52.6 Å². The monoisotopic (exact) mass is 668 g/mol. The second-order valence-corrected chi connectivity index (χ2v) is 12.5. The fraction of sp³-hybridized carbons (Fsp3) is 0.533. The molecule has 0 saturated carbocycles. The van der Waals surface area contributed by atoms with E-state index < -0.39 is 62.5 Å². The van der Waals surface area contributed by atoms with Crippen molar-refractivity contribution in [2.75, 3.05) is 27.4 Å².